The first kappa shape index (κ1) is 15.5. The molecule has 2 amide bonds. The van der Waals surface area contributed by atoms with Crippen LogP contribution in [0, 0.1) is 18.7 Å². The summed E-state index contributed by atoms with van der Waals surface area (Å²) >= 11 is 0. The topological polar surface area (TPSA) is 49.4 Å². The number of hydrogen-bond acceptors (Lipinski definition) is 2. The summed E-state index contributed by atoms with van der Waals surface area (Å²) in [5.41, 5.74) is 1.26. The van der Waals surface area contributed by atoms with Crippen molar-refractivity contribution in [3.63, 3.8) is 0 Å². The third-order valence-corrected chi connectivity index (χ3v) is 3.89. The molecule has 0 aromatic heterocycles. The Labute approximate surface area is 124 Å². The van der Waals surface area contributed by atoms with E-state index in [-0.39, 0.29) is 23.5 Å². The molecule has 1 aliphatic heterocycles. The van der Waals surface area contributed by atoms with Crippen LogP contribution in [0.2, 0.25) is 0 Å². The van der Waals surface area contributed by atoms with Crippen LogP contribution in [0.5, 0.6) is 0 Å². The maximum Gasteiger partial charge on any atom is 0.250 e. The van der Waals surface area contributed by atoms with Gasteiger partial charge < -0.3 is 5.32 Å². The van der Waals surface area contributed by atoms with Crippen molar-refractivity contribution in [2.45, 2.75) is 46.2 Å². The molecular formula is C16H21FN2O2. The maximum atomic E-state index is 13.3. The van der Waals surface area contributed by atoms with Crippen molar-refractivity contribution in [1.82, 2.24) is 5.32 Å². The maximum absolute atomic E-state index is 13.3. The lowest BCUT2D eigenvalue weighted by molar-refractivity contribution is -0.134. The summed E-state index contributed by atoms with van der Waals surface area (Å²) in [5.74, 6) is -0.633. The number of hydrogen-bond donors (Lipinski definition) is 1. The third kappa shape index (κ3) is 2.77. The average molecular weight is 292 g/mol. The smallest absolute Gasteiger partial charge is 0.250 e. The molecule has 2 rings (SSSR count). The molecule has 0 radical (unpaired) electrons. The third-order valence-electron chi connectivity index (χ3n) is 3.89. The van der Waals surface area contributed by atoms with E-state index < -0.39 is 12.1 Å². The number of anilines is 1. The summed E-state index contributed by atoms with van der Waals surface area (Å²) in [7, 11) is 0. The van der Waals surface area contributed by atoms with Crippen LogP contribution < -0.4 is 10.2 Å². The SMILES string of the molecule is CCC1C(=O)NC(C(C)C)C(=O)N1c1ccc(F)cc1C. The molecule has 1 aliphatic rings. The van der Waals surface area contributed by atoms with Crippen molar-refractivity contribution in [3.8, 4) is 0 Å². The van der Waals surface area contributed by atoms with Gasteiger partial charge in [0.25, 0.3) is 5.91 Å². The molecule has 1 N–H and O–H groups in total. The van der Waals surface area contributed by atoms with Crippen molar-refractivity contribution in [2.24, 2.45) is 5.92 Å². The van der Waals surface area contributed by atoms with E-state index in [1.165, 1.54) is 17.0 Å². The fourth-order valence-electron chi connectivity index (χ4n) is 2.73. The molecule has 5 heteroatoms. The molecule has 0 aliphatic carbocycles. The number of nitrogens with zero attached hydrogens (tertiary/aromatic N) is 1. The van der Waals surface area contributed by atoms with Gasteiger partial charge >= 0.3 is 0 Å². The molecule has 4 nitrogen and oxygen atoms in total. The molecule has 1 fully saturated rings. The number of amides is 2. The summed E-state index contributed by atoms with van der Waals surface area (Å²) in [6, 6.07) is 3.19. The van der Waals surface area contributed by atoms with Crippen LogP contribution in [0.25, 0.3) is 0 Å². The monoisotopic (exact) mass is 292 g/mol. The highest BCUT2D eigenvalue weighted by atomic mass is 19.1. The molecule has 1 aromatic rings. The first-order valence-corrected chi connectivity index (χ1v) is 7.26. The van der Waals surface area contributed by atoms with Gasteiger partial charge in [-0.3, -0.25) is 14.5 Å². The fraction of sp³-hybridized carbons (Fsp3) is 0.500. The Morgan fingerprint density at radius 3 is 2.52 bits per heavy atom. The Morgan fingerprint density at radius 1 is 1.33 bits per heavy atom. The normalized spacial score (nSPS) is 22.7. The van der Waals surface area contributed by atoms with E-state index in [1.54, 1.807) is 13.0 Å². The first-order valence-electron chi connectivity index (χ1n) is 7.26. The highest BCUT2D eigenvalue weighted by Gasteiger charge is 2.41. The molecule has 21 heavy (non-hydrogen) atoms. The van der Waals surface area contributed by atoms with Crippen LogP contribution in [0.4, 0.5) is 10.1 Å². The summed E-state index contributed by atoms with van der Waals surface area (Å²) in [6.07, 6.45) is 0.513. The molecule has 1 aromatic carbocycles. The largest absolute Gasteiger partial charge is 0.342 e. The van der Waals surface area contributed by atoms with Gasteiger partial charge in [0.15, 0.2) is 0 Å². The predicted octanol–water partition coefficient (Wildman–Crippen LogP) is 2.40. The number of nitrogens with one attached hydrogen (secondary N) is 1. The standard InChI is InChI=1S/C16H21FN2O2/c1-5-12-15(20)18-14(9(2)3)16(21)19(12)13-7-6-11(17)8-10(13)4/h6-9,12,14H,5H2,1-4H3,(H,18,20). The molecule has 1 saturated heterocycles. The zero-order valence-corrected chi connectivity index (χ0v) is 12.8. The Bertz CT molecular complexity index is 571. The fourth-order valence-corrected chi connectivity index (χ4v) is 2.73. The number of benzene rings is 1. The van der Waals surface area contributed by atoms with Gasteiger partial charge in [-0.25, -0.2) is 4.39 Å². The van der Waals surface area contributed by atoms with E-state index in [0.717, 1.165) is 0 Å². The quantitative estimate of drug-likeness (QED) is 0.930. The van der Waals surface area contributed by atoms with Gasteiger partial charge in [0.2, 0.25) is 5.91 Å². The lowest BCUT2D eigenvalue weighted by Crippen LogP contribution is -2.65. The van der Waals surface area contributed by atoms with E-state index in [0.29, 0.717) is 17.7 Å². The van der Waals surface area contributed by atoms with Crippen molar-refractivity contribution >= 4 is 17.5 Å². The van der Waals surface area contributed by atoms with E-state index in [1.807, 2.05) is 20.8 Å². The van der Waals surface area contributed by atoms with Gasteiger partial charge in [-0.15, -0.1) is 0 Å². The van der Waals surface area contributed by atoms with Crippen LogP contribution in [0.3, 0.4) is 0 Å². The van der Waals surface area contributed by atoms with Crippen molar-refractivity contribution in [2.75, 3.05) is 4.90 Å². The highest BCUT2D eigenvalue weighted by molar-refractivity contribution is 6.08. The van der Waals surface area contributed by atoms with Gasteiger partial charge in [0, 0.05) is 5.69 Å². The van der Waals surface area contributed by atoms with Crippen LogP contribution >= 0.6 is 0 Å². The second kappa shape index (κ2) is 5.84. The summed E-state index contributed by atoms with van der Waals surface area (Å²) in [4.78, 5) is 26.5. The summed E-state index contributed by atoms with van der Waals surface area (Å²) < 4.78 is 13.3. The molecular weight excluding hydrogens is 271 g/mol. The average Bonchev–Trinajstić information content (AvgIpc) is 2.41. The van der Waals surface area contributed by atoms with Crippen molar-refractivity contribution in [3.05, 3.63) is 29.6 Å². The predicted molar refractivity (Wildman–Crippen MR) is 79.5 cm³/mol. The molecule has 114 valence electrons. The first-order chi connectivity index (χ1) is 9.86. The zero-order valence-electron chi connectivity index (χ0n) is 12.8. The molecule has 2 unspecified atom stereocenters. The minimum Gasteiger partial charge on any atom is -0.342 e. The second-order valence-electron chi connectivity index (χ2n) is 5.79. The Balaban J connectivity index is 2.49. The number of carbonyl (C=O) groups is 2. The van der Waals surface area contributed by atoms with Gasteiger partial charge in [0.05, 0.1) is 0 Å². The highest BCUT2D eigenvalue weighted by Crippen LogP contribution is 2.28. The van der Waals surface area contributed by atoms with Gasteiger partial charge in [-0.1, -0.05) is 20.8 Å². The van der Waals surface area contributed by atoms with Crippen molar-refractivity contribution < 1.29 is 14.0 Å². The van der Waals surface area contributed by atoms with Crippen LogP contribution in [-0.2, 0) is 9.59 Å². The number of rotatable bonds is 3. The second-order valence-corrected chi connectivity index (χ2v) is 5.79. The number of piperazine rings is 1. The minimum absolute atomic E-state index is 0.00232. The van der Waals surface area contributed by atoms with Crippen LogP contribution in [0.15, 0.2) is 18.2 Å². The summed E-state index contributed by atoms with van der Waals surface area (Å²) in [6.45, 7) is 7.39. The lowest BCUT2D eigenvalue weighted by Gasteiger charge is -2.40. The van der Waals surface area contributed by atoms with E-state index in [4.69, 9.17) is 0 Å². The lowest BCUT2D eigenvalue weighted by atomic mass is 9.95. The van der Waals surface area contributed by atoms with Crippen molar-refractivity contribution in [1.29, 1.82) is 0 Å². The molecule has 2 atom stereocenters. The van der Waals surface area contributed by atoms with Gasteiger partial charge in [0.1, 0.15) is 17.9 Å². The number of aryl methyl sites for hydroxylation is 1. The molecule has 1 heterocycles. The van der Waals surface area contributed by atoms with Crippen LogP contribution in [-0.4, -0.2) is 23.9 Å². The Morgan fingerprint density at radius 2 is 2.00 bits per heavy atom. The minimum atomic E-state index is -0.545. The Hall–Kier alpha value is -1.91. The molecule has 0 spiro atoms. The number of halogens is 1. The molecule has 0 saturated carbocycles. The van der Waals surface area contributed by atoms with E-state index in [9.17, 15) is 14.0 Å². The van der Waals surface area contributed by atoms with Crippen LogP contribution in [0.1, 0.15) is 32.8 Å². The Kier molecular flexibility index (Phi) is 4.30. The number of carbonyl (C=O) groups excluding carboxylic acids is 2. The van der Waals surface area contributed by atoms with Gasteiger partial charge in [-0.05, 0) is 43.0 Å². The van der Waals surface area contributed by atoms with E-state index >= 15 is 0 Å². The zero-order chi connectivity index (χ0) is 15.7. The summed E-state index contributed by atoms with van der Waals surface area (Å²) in [5, 5.41) is 2.79. The molecule has 0 bridgehead atoms. The van der Waals surface area contributed by atoms with E-state index in [2.05, 4.69) is 5.32 Å². The van der Waals surface area contributed by atoms with Gasteiger partial charge in [-0.2, -0.15) is 0 Å².